The lowest BCUT2D eigenvalue weighted by molar-refractivity contribution is -0.145. The van der Waals surface area contributed by atoms with E-state index in [0.29, 0.717) is 12.4 Å². The summed E-state index contributed by atoms with van der Waals surface area (Å²) in [5.74, 6) is -1.37. The summed E-state index contributed by atoms with van der Waals surface area (Å²) in [4.78, 5) is 11.1. The van der Waals surface area contributed by atoms with Crippen molar-refractivity contribution in [3.8, 4) is 5.75 Å². The molecule has 0 amide bonds. The molecule has 0 saturated heterocycles. The molecule has 2 aromatic carbocycles. The lowest BCUT2D eigenvalue weighted by Crippen LogP contribution is -2.35. The molecule has 1 unspecified atom stereocenters. The number of hydrogen-bond donors (Lipinski definition) is 1. The van der Waals surface area contributed by atoms with Gasteiger partial charge in [-0.1, -0.05) is 42.5 Å². The standard InChI is InChI=1S/C17H15F3O6S/c18-17(19,20)27(23,24)26-15(16(21)22)10-12-6-8-14(9-7-12)25-11-13-4-2-1-3-5-13/h1-9,15H,10-11H2,(H,21,22). The molecule has 1 atom stereocenters. The zero-order chi connectivity index (χ0) is 20.1. The maximum Gasteiger partial charge on any atom is 0.523 e. The number of carboxylic acids is 1. The molecule has 2 rings (SSSR count). The summed E-state index contributed by atoms with van der Waals surface area (Å²) in [7, 11) is -6.02. The van der Waals surface area contributed by atoms with E-state index in [4.69, 9.17) is 9.84 Å². The average molecular weight is 404 g/mol. The van der Waals surface area contributed by atoms with E-state index in [9.17, 15) is 26.4 Å². The fourth-order valence-electron chi connectivity index (χ4n) is 2.05. The summed E-state index contributed by atoms with van der Waals surface area (Å²) >= 11 is 0. The van der Waals surface area contributed by atoms with Gasteiger partial charge in [-0.05, 0) is 23.3 Å². The number of rotatable bonds is 8. The number of aliphatic carboxylic acids is 1. The van der Waals surface area contributed by atoms with Crippen LogP contribution in [0.4, 0.5) is 13.2 Å². The van der Waals surface area contributed by atoms with Crippen LogP contribution in [0, 0.1) is 0 Å². The summed E-state index contributed by atoms with van der Waals surface area (Å²) in [6, 6.07) is 15.1. The molecular formula is C17H15F3O6S. The molecular weight excluding hydrogens is 389 g/mol. The van der Waals surface area contributed by atoms with Crippen molar-refractivity contribution in [2.24, 2.45) is 0 Å². The van der Waals surface area contributed by atoms with Crippen LogP contribution in [0.5, 0.6) is 5.75 Å². The van der Waals surface area contributed by atoms with E-state index in [1.807, 2.05) is 30.3 Å². The third-order valence-corrected chi connectivity index (χ3v) is 4.45. The summed E-state index contributed by atoms with van der Waals surface area (Å²) in [5.41, 5.74) is -4.50. The molecule has 0 aliphatic carbocycles. The van der Waals surface area contributed by atoms with E-state index in [-0.39, 0.29) is 5.56 Å². The number of halogens is 3. The number of carbonyl (C=O) groups is 1. The normalized spacial score (nSPS) is 13.1. The molecule has 0 aliphatic rings. The maximum atomic E-state index is 12.4. The number of benzene rings is 2. The van der Waals surface area contributed by atoms with Gasteiger partial charge in [0.25, 0.3) is 0 Å². The molecule has 6 nitrogen and oxygen atoms in total. The first-order valence-electron chi connectivity index (χ1n) is 7.56. The summed E-state index contributed by atoms with van der Waals surface area (Å²) in [5, 5.41) is 8.95. The lowest BCUT2D eigenvalue weighted by atomic mass is 10.1. The number of ether oxygens (including phenoxy) is 1. The summed E-state index contributed by atoms with van der Waals surface area (Å²) in [6.07, 6.45) is -2.77. The van der Waals surface area contributed by atoms with Crippen LogP contribution in [0.3, 0.4) is 0 Å². The molecule has 0 saturated carbocycles. The minimum absolute atomic E-state index is 0.270. The van der Waals surface area contributed by atoms with Gasteiger partial charge in [-0.2, -0.15) is 21.6 Å². The van der Waals surface area contributed by atoms with Gasteiger partial charge >= 0.3 is 21.6 Å². The molecule has 10 heteroatoms. The third-order valence-electron chi connectivity index (χ3n) is 3.39. The second-order valence-corrected chi connectivity index (χ2v) is 7.01. The smallest absolute Gasteiger partial charge is 0.489 e. The average Bonchev–Trinajstić information content (AvgIpc) is 2.60. The van der Waals surface area contributed by atoms with Gasteiger partial charge in [0.1, 0.15) is 12.4 Å². The van der Waals surface area contributed by atoms with Crippen LogP contribution in [-0.4, -0.2) is 31.1 Å². The Bertz CT molecular complexity index is 864. The van der Waals surface area contributed by atoms with Crippen LogP contribution in [0.1, 0.15) is 11.1 Å². The van der Waals surface area contributed by atoms with Gasteiger partial charge in [-0.3, -0.25) is 0 Å². The zero-order valence-corrected chi connectivity index (χ0v) is 14.5. The molecule has 27 heavy (non-hydrogen) atoms. The largest absolute Gasteiger partial charge is 0.523 e. The van der Waals surface area contributed by atoms with Crippen LogP contribution in [-0.2, 0) is 32.1 Å². The lowest BCUT2D eigenvalue weighted by Gasteiger charge is -2.15. The molecule has 0 spiro atoms. The number of hydrogen-bond acceptors (Lipinski definition) is 5. The van der Waals surface area contributed by atoms with Crippen molar-refractivity contribution >= 4 is 16.1 Å². The Labute approximate surface area is 153 Å². The van der Waals surface area contributed by atoms with Crippen LogP contribution in [0.25, 0.3) is 0 Å². The first kappa shape index (κ1) is 20.7. The Kier molecular flexibility index (Phi) is 6.45. The van der Waals surface area contributed by atoms with Crippen LogP contribution >= 0.6 is 0 Å². The van der Waals surface area contributed by atoms with Gasteiger partial charge in [0.05, 0.1) is 0 Å². The molecule has 0 bridgehead atoms. The predicted octanol–water partition coefficient (Wildman–Crippen LogP) is 3.13. The highest BCUT2D eigenvalue weighted by Gasteiger charge is 2.49. The third kappa shape index (κ3) is 5.97. The topological polar surface area (TPSA) is 89.9 Å². The van der Waals surface area contributed by atoms with Crippen LogP contribution in [0.15, 0.2) is 54.6 Å². The molecule has 0 aromatic heterocycles. The Balaban J connectivity index is 2.01. The second-order valence-electron chi connectivity index (χ2n) is 5.45. The second kappa shape index (κ2) is 8.40. The first-order chi connectivity index (χ1) is 12.6. The van der Waals surface area contributed by atoms with Crippen LogP contribution < -0.4 is 4.74 Å². The summed E-state index contributed by atoms with van der Waals surface area (Å²) in [6.45, 7) is 0.297. The van der Waals surface area contributed by atoms with Crippen molar-refractivity contribution in [3.05, 3.63) is 65.7 Å². The highest BCUT2D eigenvalue weighted by molar-refractivity contribution is 7.87. The van der Waals surface area contributed by atoms with E-state index in [0.717, 1.165) is 5.56 Å². The SMILES string of the molecule is O=C(O)C(Cc1ccc(OCc2ccccc2)cc1)OS(=O)(=O)C(F)(F)F. The highest BCUT2D eigenvalue weighted by atomic mass is 32.2. The van der Waals surface area contributed by atoms with E-state index in [1.165, 1.54) is 24.3 Å². The monoisotopic (exact) mass is 404 g/mol. The highest BCUT2D eigenvalue weighted by Crippen LogP contribution is 2.26. The van der Waals surface area contributed by atoms with Crippen molar-refractivity contribution < 1.29 is 40.4 Å². The molecule has 2 aromatic rings. The van der Waals surface area contributed by atoms with Gasteiger partial charge in [0.15, 0.2) is 6.10 Å². The zero-order valence-electron chi connectivity index (χ0n) is 13.7. The summed E-state index contributed by atoms with van der Waals surface area (Å²) < 4.78 is 68.4. The number of alkyl halides is 3. The van der Waals surface area contributed by atoms with Crippen molar-refractivity contribution in [3.63, 3.8) is 0 Å². The van der Waals surface area contributed by atoms with Crippen molar-refractivity contribution in [1.82, 2.24) is 0 Å². The molecule has 0 fully saturated rings. The van der Waals surface area contributed by atoms with Crippen molar-refractivity contribution in [2.45, 2.75) is 24.6 Å². The van der Waals surface area contributed by atoms with Crippen molar-refractivity contribution in [2.75, 3.05) is 0 Å². The molecule has 146 valence electrons. The Hall–Kier alpha value is -2.59. The van der Waals surface area contributed by atoms with Crippen LogP contribution in [0.2, 0.25) is 0 Å². The van der Waals surface area contributed by atoms with Gasteiger partial charge in [0.2, 0.25) is 0 Å². The van der Waals surface area contributed by atoms with Gasteiger partial charge < -0.3 is 9.84 Å². The maximum absolute atomic E-state index is 12.4. The van der Waals surface area contributed by atoms with Gasteiger partial charge in [-0.15, -0.1) is 0 Å². The quantitative estimate of drug-likeness (QED) is 0.537. The Morgan fingerprint density at radius 1 is 1.00 bits per heavy atom. The van der Waals surface area contributed by atoms with E-state index in [1.54, 1.807) is 0 Å². The molecule has 0 aliphatic heterocycles. The Morgan fingerprint density at radius 2 is 1.59 bits per heavy atom. The Morgan fingerprint density at radius 3 is 2.11 bits per heavy atom. The first-order valence-corrected chi connectivity index (χ1v) is 8.97. The van der Waals surface area contributed by atoms with E-state index < -0.39 is 34.1 Å². The molecule has 1 N–H and O–H groups in total. The van der Waals surface area contributed by atoms with E-state index >= 15 is 0 Å². The fraction of sp³-hybridized carbons (Fsp3) is 0.235. The van der Waals surface area contributed by atoms with Gasteiger partial charge in [0, 0.05) is 6.42 Å². The van der Waals surface area contributed by atoms with E-state index in [2.05, 4.69) is 4.18 Å². The van der Waals surface area contributed by atoms with Gasteiger partial charge in [-0.25, -0.2) is 8.98 Å². The minimum atomic E-state index is -6.02. The molecule has 0 radical (unpaired) electrons. The molecule has 0 heterocycles. The minimum Gasteiger partial charge on any atom is -0.489 e. The predicted molar refractivity (Wildman–Crippen MR) is 88.4 cm³/mol. The number of carboxylic acid groups (broad SMARTS) is 1. The fourth-order valence-corrected chi connectivity index (χ4v) is 2.61. The van der Waals surface area contributed by atoms with Crippen molar-refractivity contribution in [1.29, 1.82) is 0 Å².